The first-order valence-corrected chi connectivity index (χ1v) is 9.31. The van der Waals surface area contributed by atoms with Gasteiger partial charge in [0.2, 0.25) is 0 Å². The van der Waals surface area contributed by atoms with Gasteiger partial charge in [0.15, 0.2) is 0 Å². The predicted octanol–water partition coefficient (Wildman–Crippen LogP) is 3.97. The summed E-state index contributed by atoms with van der Waals surface area (Å²) in [6.07, 6.45) is 3.52. The van der Waals surface area contributed by atoms with Crippen LogP contribution in [0, 0.1) is 11.8 Å². The van der Waals surface area contributed by atoms with E-state index in [2.05, 4.69) is 44.1 Å². The van der Waals surface area contributed by atoms with Crippen LogP contribution in [0.5, 0.6) is 0 Å². The van der Waals surface area contributed by atoms with Crippen molar-refractivity contribution in [1.82, 2.24) is 10.3 Å². The van der Waals surface area contributed by atoms with Gasteiger partial charge in [-0.3, -0.25) is 0 Å². The predicted molar refractivity (Wildman–Crippen MR) is 98.1 cm³/mol. The van der Waals surface area contributed by atoms with Crippen LogP contribution in [0.25, 0.3) is 0 Å². The number of fused-ring (bicyclic) bond motifs is 1. The topological polar surface area (TPSA) is 54.5 Å². The van der Waals surface area contributed by atoms with E-state index in [4.69, 9.17) is 4.74 Å². The number of alkyl carbamates (subject to hydrolysis) is 1. The number of amides is 1. The third-order valence-corrected chi connectivity index (χ3v) is 5.31. The summed E-state index contributed by atoms with van der Waals surface area (Å²) in [5.74, 6) is 2.22. The highest BCUT2D eigenvalue weighted by atomic mass is 79.9. The van der Waals surface area contributed by atoms with Gasteiger partial charge in [0.25, 0.3) is 0 Å². The van der Waals surface area contributed by atoms with E-state index in [1.165, 1.54) is 0 Å². The van der Waals surface area contributed by atoms with Gasteiger partial charge in [-0.1, -0.05) is 0 Å². The van der Waals surface area contributed by atoms with E-state index >= 15 is 0 Å². The molecule has 0 aromatic carbocycles. The summed E-state index contributed by atoms with van der Waals surface area (Å²) in [5, 5.41) is 3.10. The minimum absolute atomic E-state index is 0.170. The lowest BCUT2D eigenvalue weighted by Gasteiger charge is -2.30. The standard InChI is InChI=1S/C18H26BrN3O2/c1-17(2,3)24-16(23)21-18(4)7-12-10-22(11-13(12)8-18)15-6-5-14(19)9-20-15/h5-6,9,12-13H,7-8,10-11H2,1-4H3,(H,21,23)/t12-,13+,18?. The zero-order valence-corrected chi connectivity index (χ0v) is 16.4. The van der Waals surface area contributed by atoms with E-state index in [0.717, 1.165) is 36.2 Å². The van der Waals surface area contributed by atoms with Crippen molar-refractivity contribution in [3.8, 4) is 0 Å². The first-order valence-electron chi connectivity index (χ1n) is 8.51. The lowest BCUT2D eigenvalue weighted by Crippen LogP contribution is -2.47. The number of anilines is 1. The van der Waals surface area contributed by atoms with Crippen LogP contribution in [0.15, 0.2) is 22.8 Å². The number of hydrogen-bond donors (Lipinski definition) is 1. The second-order valence-corrected chi connectivity index (χ2v) is 9.27. The third kappa shape index (κ3) is 4.02. The molecule has 3 rings (SSSR count). The molecule has 1 aromatic heterocycles. The molecule has 2 fully saturated rings. The van der Waals surface area contributed by atoms with E-state index in [9.17, 15) is 4.79 Å². The fourth-order valence-corrected chi connectivity index (χ4v) is 4.27. The molecule has 1 saturated heterocycles. The molecule has 0 bridgehead atoms. The van der Waals surface area contributed by atoms with Crippen molar-refractivity contribution in [2.24, 2.45) is 11.8 Å². The van der Waals surface area contributed by atoms with E-state index in [1.54, 1.807) is 0 Å². The molecule has 1 N–H and O–H groups in total. The molecule has 1 saturated carbocycles. The van der Waals surface area contributed by atoms with Crippen molar-refractivity contribution in [3.63, 3.8) is 0 Å². The Bertz CT molecular complexity index is 598. The Morgan fingerprint density at radius 2 is 1.96 bits per heavy atom. The van der Waals surface area contributed by atoms with Crippen LogP contribution >= 0.6 is 15.9 Å². The number of halogens is 1. The summed E-state index contributed by atoms with van der Waals surface area (Å²) < 4.78 is 6.41. The molecule has 132 valence electrons. The minimum atomic E-state index is -0.459. The average Bonchev–Trinajstić information content (AvgIpc) is 2.91. The number of ether oxygens (including phenoxy) is 1. The molecule has 1 aliphatic heterocycles. The number of hydrogen-bond acceptors (Lipinski definition) is 4. The molecule has 2 aliphatic rings. The van der Waals surface area contributed by atoms with Crippen molar-refractivity contribution in [3.05, 3.63) is 22.8 Å². The molecule has 5 nitrogen and oxygen atoms in total. The monoisotopic (exact) mass is 395 g/mol. The quantitative estimate of drug-likeness (QED) is 0.822. The zero-order valence-electron chi connectivity index (χ0n) is 14.8. The summed E-state index contributed by atoms with van der Waals surface area (Å²) in [6, 6.07) is 4.09. The molecule has 24 heavy (non-hydrogen) atoms. The second-order valence-electron chi connectivity index (χ2n) is 8.36. The lowest BCUT2D eigenvalue weighted by atomic mass is 9.98. The number of carbonyl (C=O) groups excluding carboxylic acids is 1. The number of pyridine rings is 1. The Morgan fingerprint density at radius 3 is 2.46 bits per heavy atom. The molecular formula is C18H26BrN3O2. The van der Waals surface area contributed by atoms with Gasteiger partial charge in [0.1, 0.15) is 11.4 Å². The van der Waals surface area contributed by atoms with Gasteiger partial charge in [-0.15, -0.1) is 0 Å². The van der Waals surface area contributed by atoms with Crippen molar-refractivity contribution in [2.45, 2.75) is 51.7 Å². The normalized spacial score (nSPS) is 29.5. The molecule has 1 amide bonds. The molecule has 1 aliphatic carbocycles. The summed E-state index contributed by atoms with van der Waals surface area (Å²) in [5.41, 5.74) is -0.629. The molecular weight excluding hydrogens is 370 g/mol. The fourth-order valence-electron chi connectivity index (χ4n) is 4.04. The maximum atomic E-state index is 12.1. The van der Waals surface area contributed by atoms with Crippen LogP contribution in [0.1, 0.15) is 40.5 Å². The molecule has 0 spiro atoms. The number of nitrogens with one attached hydrogen (secondary N) is 1. The van der Waals surface area contributed by atoms with Crippen LogP contribution in [0.4, 0.5) is 10.6 Å². The average molecular weight is 396 g/mol. The van der Waals surface area contributed by atoms with E-state index in [-0.39, 0.29) is 11.6 Å². The summed E-state index contributed by atoms with van der Waals surface area (Å²) in [4.78, 5) is 19.0. The van der Waals surface area contributed by atoms with Gasteiger partial charge in [-0.25, -0.2) is 9.78 Å². The summed E-state index contributed by atoms with van der Waals surface area (Å²) >= 11 is 3.43. The van der Waals surface area contributed by atoms with E-state index < -0.39 is 5.60 Å². The number of nitrogens with zero attached hydrogens (tertiary/aromatic N) is 2. The maximum Gasteiger partial charge on any atom is 0.408 e. The minimum Gasteiger partial charge on any atom is -0.444 e. The Labute approximate surface area is 152 Å². The van der Waals surface area contributed by atoms with Crippen LogP contribution in [-0.2, 0) is 4.74 Å². The third-order valence-electron chi connectivity index (χ3n) is 4.84. The number of rotatable bonds is 2. The Hall–Kier alpha value is -1.30. The van der Waals surface area contributed by atoms with Crippen LogP contribution in [0.2, 0.25) is 0 Å². The highest BCUT2D eigenvalue weighted by Crippen LogP contribution is 2.44. The van der Waals surface area contributed by atoms with Crippen molar-refractivity contribution < 1.29 is 9.53 Å². The smallest absolute Gasteiger partial charge is 0.408 e. The van der Waals surface area contributed by atoms with Crippen LogP contribution < -0.4 is 10.2 Å². The molecule has 1 unspecified atom stereocenters. The van der Waals surface area contributed by atoms with Crippen LogP contribution in [0.3, 0.4) is 0 Å². The number of carbonyl (C=O) groups is 1. The van der Waals surface area contributed by atoms with Crippen molar-refractivity contribution >= 4 is 27.8 Å². The maximum absolute atomic E-state index is 12.1. The van der Waals surface area contributed by atoms with Gasteiger partial charge in [0, 0.05) is 29.3 Å². The Kier molecular flexibility index (Phi) is 4.53. The highest BCUT2D eigenvalue weighted by molar-refractivity contribution is 9.10. The SMILES string of the molecule is CC1(NC(=O)OC(C)(C)C)C[C@H]2CN(c3ccc(Br)cn3)C[C@H]2C1. The van der Waals surface area contributed by atoms with Crippen LogP contribution in [-0.4, -0.2) is 35.3 Å². The van der Waals surface area contributed by atoms with Gasteiger partial charge < -0.3 is 15.0 Å². The second kappa shape index (κ2) is 6.21. The first-order chi connectivity index (χ1) is 11.1. The van der Waals surface area contributed by atoms with Gasteiger partial charge in [-0.05, 0) is 80.4 Å². The fraction of sp³-hybridized carbons (Fsp3) is 0.667. The Morgan fingerprint density at radius 1 is 1.33 bits per heavy atom. The molecule has 1 aromatic rings. The zero-order chi connectivity index (χ0) is 17.5. The molecule has 2 heterocycles. The van der Waals surface area contributed by atoms with Crippen molar-refractivity contribution in [2.75, 3.05) is 18.0 Å². The van der Waals surface area contributed by atoms with E-state index in [0.29, 0.717) is 11.8 Å². The first kappa shape index (κ1) is 17.5. The summed E-state index contributed by atoms with van der Waals surface area (Å²) in [6.45, 7) is 9.82. The van der Waals surface area contributed by atoms with E-state index in [1.807, 2.05) is 33.0 Å². The van der Waals surface area contributed by atoms with Crippen molar-refractivity contribution in [1.29, 1.82) is 0 Å². The Balaban J connectivity index is 1.58. The largest absolute Gasteiger partial charge is 0.444 e. The van der Waals surface area contributed by atoms with Gasteiger partial charge >= 0.3 is 6.09 Å². The summed E-state index contributed by atoms with van der Waals surface area (Å²) in [7, 11) is 0. The van der Waals surface area contributed by atoms with Gasteiger partial charge in [-0.2, -0.15) is 0 Å². The number of aromatic nitrogens is 1. The van der Waals surface area contributed by atoms with Gasteiger partial charge in [0.05, 0.1) is 0 Å². The molecule has 6 heteroatoms. The highest BCUT2D eigenvalue weighted by Gasteiger charge is 2.48. The lowest BCUT2D eigenvalue weighted by molar-refractivity contribution is 0.0462. The molecule has 0 radical (unpaired) electrons. The molecule has 3 atom stereocenters.